The topological polar surface area (TPSA) is 85.3 Å². The van der Waals surface area contributed by atoms with Crippen molar-refractivity contribution in [2.75, 3.05) is 12.3 Å². The number of anilines is 1. The third-order valence-corrected chi connectivity index (χ3v) is 4.51. The summed E-state index contributed by atoms with van der Waals surface area (Å²) >= 11 is 4.42. The van der Waals surface area contributed by atoms with Gasteiger partial charge in [0.15, 0.2) is 0 Å². The number of benzene rings is 1. The number of nitrogen functional groups attached to an aromatic ring is 1. The zero-order chi connectivity index (χ0) is 16.1. The van der Waals surface area contributed by atoms with Gasteiger partial charge in [-0.1, -0.05) is 12.1 Å². The lowest BCUT2D eigenvalue weighted by atomic mass is 10.1. The van der Waals surface area contributed by atoms with E-state index in [0.717, 1.165) is 15.8 Å². The van der Waals surface area contributed by atoms with E-state index in [-0.39, 0.29) is 23.8 Å². The number of halogens is 1. The number of para-hydroxylation sites is 1. The Kier molecular flexibility index (Phi) is 5.41. The molecule has 1 aromatic heterocycles. The molecule has 0 fully saturated rings. The third kappa shape index (κ3) is 3.40. The van der Waals surface area contributed by atoms with Gasteiger partial charge in [-0.05, 0) is 35.0 Å². The first-order chi connectivity index (χ1) is 10.6. The van der Waals surface area contributed by atoms with Crippen LogP contribution in [0.3, 0.4) is 0 Å². The van der Waals surface area contributed by atoms with Crippen LogP contribution < -0.4 is 10.5 Å². The normalized spacial score (nSPS) is 10.0. The predicted molar refractivity (Wildman–Crippen MR) is 87.9 cm³/mol. The monoisotopic (exact) mass is 380 g/mol. The fourth-order valence-corrected chi connectivity index (χ4v) is 3.13. The second-order valence-electron chi connectivity index (χ2n) is 4.20. The minimum atomic E-state index is -0.494. The van der Waals surface area contributed by atoms with E-state index in [4.69, 9.17) is 15.2 Å². The number of esters is 1. The number of nitrogens with zero attached hydrogens (tertiary/aromatic N) is 1. The molecule has 1 aromatic carbocycles. The molecule has 0 aliphatic carbocycles. The quantitative estimate of drug-likeness (QED) is 0.798. The number of carbonyl (C=O) groups is 1. The highest BCUT2D eigenvalue weighted by molar-refractivity contribution is 9.10. The molecule has 1 heterocycles. The molecule has 0 aliphatic heterocycles. The molecular formula is C15H13BrN2O3S. The van der Waals surface area contributed by atoms with Gasteiger partial charge in [0, 0.05) is 5.56 Å². The van der Waals surface area contributed by atoms with Crippen molar-refractivity contribution < 1.29 is 14.3 Å². The van der Waals surface area contributed by atoms with Crippen LogP contribution in [0.15, 0.2) is 28.7 Å². The SMILES string of the molecule is CCOC(=O)c1sc(N)c(C#N)c1COc1ccccc1Br. The maximum atomic E-state index is 12.0. The van der Waals surface area contributed by atoms with Crippen molar-refractivity contribution in [3.8, 4) is 11.8 Å². The van der Waals surface area contributed by atoms with E-state index in [0.29, 0.717) is 16.2 Å². The molecule has 0 radical (unpaired) electrons. The molecule has 0 saturated carbocycles. The predicted octanol–water partition coefficient (Wildman–Crippen LogP) is 3.72. The van der Waals surface area contributed by atoms with E-state index in [9.17, 15) is 10.1 Å². The molecule has 2 rings (SSSR count). The Morgan fingerprint density at radius 1 is 1.45 bits per heavy atom. The van der Waals surface area contributed by atoms with Crippen LogP contribution in [-0.4, -0.2) is 12.6 Å². The van der Waals surface area contributed by atoms with E-state index >= 15 is 0 Å². The molecule has 0 amide bonds. The molecule has 2 N–H and O–H groups in total. The Morgan fingerprint density at radius 3 is 2.82 bits per heavy atom. The maximum absolute atomic E-state index is 12.0. The number of hydrogen-bond acceptors (Lipinski definition) is 6. The van der Waals surface area contributed by atoms with Crippen LogP contribution in [0.5, 0.6) is 5.75 Å². The molecule has 7 heteroatoms. The molecular weight excluding hydrogens is 368 g/mol. The van der Waals surface area contributed by atoms with Gasteiger partial charge in [-0.15, -0.1) is 11.3 Å². The third-order valence-electron chi connectivity index (χ3n) is 2.82. The Bertz CT molecular complexity index is 737. The molecule has 5 nitrogen and oxygen atoms in total. The van der Waals surface area contributed by atoms with Crippen LogP contribution in [0.1, 0.15) is 27.7 Å². The number of ether oxygens (including phenoxy) is 2. The largest absolute Gasteiger partial charge is 0.488 e. The summed E-state index contributed by atoms with van der Waals surface area (Å²) in [6.07, 6.45) is 0. The number of rotatable bonds is 5. The Morgan fingerprint density at radius 2 is 2.18 bits per heavy atom. The summed E-state index contributed by atoms with van der Waals surface area (Å²) in [5.41, 5.74) is 6.53. The van der Waals surface area contributed by atoms with Crippen molar-refractivity contribution >= 4 is 38.2 Å². The maximum Gasteiger partial charge on any atom is 0.348 e. The van der Waals surface area contributed by atoms with Crippen molar-refractivity contribution in [2.24, 2.45) is 0 Å². The van der Waals surface area contributed by atoms with Gasteiger partial charge >= 0.3 is 5.97 Å². The average molecular weight is 381 g/mol. The summed E-state index contributed by atoms with van der Waals surface area (Å²) < 4.78 is 11.5. The first-order valence-corrected chi connectivity index (χ1v) is 8.05. The Hall–Kier alpha value is -2.04. The number of nitriles is 1. The Labute approximate surface area is 140 Å². The van der Waals surface area contributed by atoms with E-state index in [1.54, 1.807) is 13.0 Å². The minimum Gasteiger partial charge on any atom is -0.488 e. The molecule has 0 bridgehead atoms. The van der Waals surface area contributed by atoms with Crippen LogP contribution >= 0.6 is 27.3 Å². The minimum absolute atomic E-state index is 0.0629. The van der Waals surface area contributed by atoms with Crippen LogP contribution in [0.4, 0.5) is 5.00 Å². The number of nitrogens with two attached hydrogens (primary N) is 1. The fraction of sp³-hybridized carbons (Fsp3) is 0.200. The highest BCUT2D eigenvalue weighted by Crippen LogP contribution is 2.33. The van der Waals surface area contributed by atoms with E-state index < -0.39 is 5.97 Å². The summed E-state index contributed by atoms with van der Waals surface area (Å²) in [7, 11) is 0. The van der Waals surface area contributed by atoms with Crippen LogP contribution in [0.2, 0.25) is 0 Å². The smallest absolute Gasteiger partial charge is 0.348 e. The second-order valence-corrected chi connectivity index (χ2v) is 6.11. The lowest BCUT2D eigenvalue weighted by Gasteiger charge is -2.09. The van der Waals surface area contributed by atoms with Gasteiger partial charge in [-0.25, -0.2) is 4.79 Å². The number of carbonyl (C=O) groups excluding carboxylic acids is 1. The summed E-state index contributed by atoms with van der Waals surface area (Å²) in [6, 6.07) is 9.35. The molecule has 0 unspecified atom stereocenters. The lowest BCUT2D eigenvalue weighted by molar-refractivity contribution is 0.0529. The summed E-state index contributed by atoms with van der Waals surface area (Å²) in [4.78, 5) is 12.3. The highest BCUT2D eigenvalue weighted by atomic mass is 79.9. The molecule has 0 atom stereocenters. The van der Waals surface area contributed by atoms with Gasteiger partial charge in [0.1, 0.15) is 28.3 Å². The van der Waals surface area contributed by atoms with Gasteiger partial charge in [0.2, 0.25) is 0 Å². The van der Waals surface area contributed by atoms with Crippen LogP contribution in [0.25, 0.3) is 0 Å². The van der Waals surface area contributed by atoms with Crippen molar-refractivity contribution in [3.63, 3.8) is 0 Å². The fourth-order valence-electron chi connectivity index (χ4n) is 1.82. The summed E-state index contributed by atoms with van der Waals surface area (Å²) in [5, 5.41) is 9.52. The van der Waals surface area contributed by atoms with Crippen molar-refractivity contribution in [2.45, 2.75) is 13.5 Å². The summed E-state index contributed by atoms with van der Waals surface area (Å²) in [5.74, 6) is 0.123. The standard InChI is InChI=1S/C15H13BrN2O3S/c1-2-20-15(19)13-10(9(7-17)14(18)22-13)8-21-12-6-4-3-5-11(12)16/h3-6H,2,8,18H2,1H3. The first-order valence-electron chi connectivity index (χ1n) is 6.44. The Balaban J connectivity index is 2.31. The average Bonchev–Trinajstić information content (AvgIpc) is 2.82. The zero-order valence-corrected chi connectivity index (χ0v) is 14.2. The molecule has 0 saturated heterocycles. The van der Waals surface area contributed by atoms with E-state index in [1.165, 1.54) is 0 Å². The van der Waals surface area contributed by atoms with Crippen LogP contribution in [-0.2, 0) is 11.3 Å². The highest BCUT2D eigenvalue weighted by Gasteiger charge is 2.23. The van der Waals surface area contributed by atoms with Gasteiger partial charge in [-0.2, -0.15) is 5.26 Å². The second kappa shape index (κ2) is 7.29. The molecule has 114 valence electrons. The van der Waals surface area contributed by atoms with Crippen LogP contribution in [0, 0.1) is 11.3 Å². The molecule has 0 aliphatic rings. The van der Waals surface area contributed by atoms with E-state index in [1.807, 2.05) is 24.3 Å². The molecule has 2 aromatic rings. The van der Waals surface area contributed by atoms with E-state index in [2.05, 4.69) is 15.9 Å². The first kappa shape index (κ1) is 16.3. The molecule has 0 spiro atoms. The lowest BCUT2D eigenvalue weighted by Crippen LogP contribution is -2.08. The summed E-state index contributed by atoms with van der Waals surface area (Å²) in [6.45, 7) is 2.04. The zero-order valence-electron chi connectivity index (χ0n) is 11.8. The number of hydrogen-bond donors (Lipinski definition) is 1. The van der Waals surface area contributed by atoms with Crippen molar-refractivity contribution in [1.29, 1.82) is 5.26 Å². The number of thiophene rings is 1. The van der Waals surface area contributed by atoms with Gasteiger partial charge < -0.3 is 15.2 Å². The van der Waals surface area contributed by atoms with Gasteiger partial charge in [0.05, 0.1) is 16.6 Å². The van der Waals surface area contributed by atoms with Gasteiger partial charge in [0.25, 0.3) is 0 Å². The van der Waals surface area contributed by atoms with Crippen molar-refractivity contribution in [3.05, 3.63) is 44.7 Å². The molecule has 22 heavy (non-hydrogen) atoms. The van der Waals surface area contributed by atoms with Gasteiger partial charge in [-0.3, -0.25) is 0 Å². The van der Waals surface area contributed by atoms with Crippen molar-refractivity contribution in [1.82, 2.24) is 0 Å².